The fourth-order valence-corrected chi connectivity index (χ4v) is 4.34. The lowest BCUT2D eigenvalue weighted by Gasteiger charge is -2.43. The summed E-state index contributed by atoms with van der Waals surface area (Å²) >= 11 is 0. The van der Waals surface area contributed by atoms with E-state index < -0.39 is 60.1 Å². The van der Waals surface area contributed by atoms with E-state index in [1.54, 1.807) is 6.20 Å². The van der Waals surface area contributed by atoms with Gasteiger partial charge in [0, 0.05) is 12.7 Å². The van der Waals surface area contributed by atoms with Crippen molar-refractivity contribution in [3.05, 3.63) is 47.7 Å². The summed E-state index contributed by atoms with van der Waals surface area (Å²) in [6.07, 6.45) is 0.138. The first-order valence-corrected chi connectivity index (χ1v) is 10.9. The van der Waals surface area contributed by atoms with E-state index in [4.69, 9.17) is 9.47 Å². The second kappa shape index (κ2) is 8.95. The molecule has 11 nitrogen and oxygen atoms in total. The lowest BCUT2D eigenvalue weighted by atomic mass is 9.92. The Bertz CT molecular complexity index is 1220. The summed E-state index contributed by atoms with van der Waals surface area (Å²) in [4.78, 5) is 0. The number of benzene rings is 1. The molecule has 3 N–H and O–H groups in total. The number of rotatable bonds is 7. The molecule has 2 aliphatic rings. The topological polar surface area (TPSA) is 141 Å². The minimum atomic E-state index is -1.64. The third-order valence-corrected chi connectivity index (χ3v) is 6.47. The van der Waals surface area contributed by atoms with Crippen LogP contribution < -0.4 is 0 Å². The largest absolute Gasteiger partial charge is 0.394 e. The molecule has 0 spiro atoms. The number of ether oxygens (including phenoxy) is 2. The minimum absolute atomic E-state index is 0.0920. The van der Waals surface area contributed by atoms with E-state index in [2.05, 4.69) is 20.6 Å². The molecule has 188 valence electrons. The predicted molar refractivity (Wildman–Crippen MR) is 110 cm³/mol. The first-order valence-electron chi connectivity index (χ1n) is 10.9. The van der Waals surface area contributed by atoms with Crippen LogP contribution in [-0.2, 0) is 21.6 Å². The maximum Gasteiger partial charge on any atom is 0.195 e. The molecule has 3 heterocycles. The van der Waals surface area contributed by atoms with Gasteiger partial charge in [-0.1, -0.05) is 10.4 Å². The lowest BCUT2D eigenvalue weighted by molar-refractivity contribution is -0.216. The number of hydrogen-bond acceptors (Lipinski definition) is 9. The zero-order valence-electron chi connectivity index (χ0n) is 18.5. The molecule has 14 heteroatoms. The van der Waals surface area contributed by atoms with Crippen molar-refractivity contribution in [3.63, 3.8) is 0 Å². The quantitative estimate of drug-likeness (QED) is 0.394. The van der Waals surface area contributed by atoms with Crippen LogP contribution in [0, 0.1) is 17.5 Å². The molecule has 5 atom stereocenters. The molecule has 1 aliphatic heterocycles. The van der Waals surface area contributed by atoms with E-state index in [1.165, 1.54) is 22.7 Å². The number of halogens is 3. The van der Waals surface area contributed by atoms with Gasteiger partial charge in [-0.25, -0.2) is 22.5 Å². The Kier molecular flexibility index (Phi) is 6.09. The molecule has 1 saturated heterocycles. The smallest absolute Gasteiger partial charge is 0.195 e. The minimum Gasteiger partial charge on any atom is -0.394 e. The molecule has 0 amide bonds. The second-order valence-corrected chi connectivity index (χ2v) is 8.74. The Hall–Kier alpha value is -2.91. The first kappa shape index (κ1) is 23.8. The molecule has 1 aromatic carbocycles. The van der Waals surface area contributed by atoms with Crippen LogP contribution in [0.3, 0.4) is 0 Å². The number of hydrogen-bond donors (Lipinski definition) is 3. The third kappa shape index (κ3) is 4.21. The van der Waals surface area contributed by atoms with Crippen molar-refractivity contribution >= 4 is 0 Å². The van der Waals surface area contributed by atoms with E-state index in [0.717, 1.165) is 12.1 Å². The second-order valence-electron chi connectivity index (χ2n) is 8.74. The van der Waals surface area contributed by atoms with Crippen LogP contribution in [-0.4, -0.2) is 83.4 Å². The van der Waals surface area contributed by atoms with Gasteiger partial charge in [-0.3, -0.25) is 0 Å². The van der Waals surface area contributed by atoms with Gasteiger partial charge in [-0.2, -0.15) is 0 Å². The zero-order chi connectivity index (χ0) is 24.9. The van der Waals surface area contributed by atoms with Crippen LogP contribution >= 0.6 is 0 Å². The van der Waals surface area contributed by atoms with Crippen molar-refractivity contribution in [2.45, 2.75) is 55.4 Å². The average Bonchev–Trinajstić information content (AvgIpc) is 3.23. The summed E-state index contributed by atoms with van der Waals surface area (Å²) in [5.74, 6) is -4.39. The van der Waals surface area contributed by atoms with Crippen LogP contribution in [0.4, 0.5) is 13.2 Å². The molecule has 5 rings (SSSR count). The first-order chi connectivity index (χ1) is 16.8. The average molecular weight is 496 g/mol. The standard InChI is InChI=1S/C21H23F3N6O5/c1-34-20-13(7-29-8-15(26-27-29)21(33)4-5-21)35-14(9-31)19(32)18(20)30-6-12(25-28-30)10-2-3-11(22)17(24)16(10)23/h2-3,6,8,13-14,18-20,31-33H,4-5,7,9H2,1H3/t13-,14-,18+,19+,20+/m1/s1. The highest BCUT2D eigenvalue weighted by atomic mass is 19.2. The van der Waals surface area contributed by atoms with Crippen LogP contribution in [0.5, 0.6) is 0 Å². The van der Waals surface area contributed by atoms with Crippen molar-refractivity contribution in [2.75, 3.05) is 13.7 Å². The van der Waals surface area contributed by atoms with E-state index in [0.29, 0.717) is 18.5 Å². The van der Waals surface area contributed by atoms with E-state index >= 15 is 0 Å². The van der Waals surface area contributed by atoms with Gasteiger partial charge in [0.1, 0.15) is 47.4 Å². The van der Waals surface area contributed by atoms with Crippen LogP contribution in [0.15, 0.2) is 24.5 Å². The maximum absolute atomic E-state index is 14.3. The molecule has 3 aromatic rings. The SMILES string of the molecule is CO[C@@H]1[C@@H](n2cc(-c3ccc(F)c(F)c3F)nn2)[C@@H](O)[C@@H](CO)O[C@@H]1Cn1cc(C2(O)CC2)nn1. The highest BCUT2D eigenvalue weighted by molar-refractivity contribution is 5.58. The third-order valence-electron chi connectivity index (χ3n) is 6.47. The molecule has 1 aliphatic carbocycles. The Morgan fingerprint density at radius 1 is 1.11 bits per heavy atom. The Balaban J connectivity index is 1.44. The lowest BCUT2D eigenvalue weighted by Crippen LogP contribution is -2.57. The summed E-state index contributed by atoms with van der Waals surface area (Å²) in [5, 5.41) is 46.8. The highest BCUT2D eigenvalue weighted by Crippen LogP contribution is 2.44. The zero-order valence-corrected chi connectivity index (χ0v) is 18.5. The molecule has 1 saturated carbocycles. The van der Waals surface area contributed by atoms with Crippen LogP contribution in [0.2, 0.25) is 0 Å². The molecule has 0 unspecified atom stereocenters. The van der Waals surface area contributed by atoms with Gasteiger partial charge in [-0.05, 0) is 25.0 Å². The summed E-state index contributed by atoms with van der Waals surface area (Å²) < 4.78 is 55.5. The van der Waals surface area contributed by atoms with Gasteiger partial charge in [-0.15, -0.1) is 10.2 Å². The van der Waals surface area contributed by atoms with E-state index in [-0.39, 0.29) is 17.8 Å². The fraction of sp³-hybridized carbons (Fsp3) is 0.524. The van der Waals surface area contributed by atoms with Gasteiger partial charge in [0.15, 0.2) is 17.5 Å². The van der Waals surface area contributed by atoms with Gasteiger partial charge >= 0.3 is 0 Å². The molecule has 0 bridgehead atoms. The molecular weight excluding hydrogens is 473 g/mol. The van der Waals surface area contributed by atoms with Crippen LogP contribution in [0.25, 0.3) is 11.3 Å². The predicted octanol–water partition coefficient (Wildman–Crippen LogP) is 0.312. The van der Waals surface area contributed by atoms with Gasteiger partial charge < -0.3 is 24.8 Å². The monoisotopic (exact) mass is 496 g/mol. The molecule has 0 radical (unpaired) electrons. The summed E-state index contributed by atoms with van der Waals surface area (Å²) in [6.45, 7) is -0.410. The van der Waals surface area contributed by atoms with E-state index in [9.17, 15) is 28.5 Å². The van der Waals surface area contributed by atoms with E-state index in [1.807, 2.05) is 0 Å². The van der Waals surface area contributed by atoms with Gasteiger partial charge in [0.05, 0.1) is 25.5 Å². The Labute approximate surface area is 196 Å². The number of aliphatic hydroxyl groups is 3. The number of aliphatic hydroxyl groups excluding tert-OH is 2. The number of methoxy groups -OCH3 is 1. The van der Waals surface area contributed by atoms with Crippen molar-refractivity contribution in [3.8, 4) is 11.3 Å². The molecule has 2 aromatic heterocycles. The fourth-order valence-electron chi connectivity index (χ4n) is 4.34. The summed E-state index contributed by atoms with van der Waals surface area (Å²) in [6, 6.07) is 0.864. The van der Waals surface area contributed by atoms with Crippen molar-refractivity contribution in [1.82, 2.24) is 30.0 Å². The highest BCUT2D eigenvalue weighted by Gasteiger charge is 2.48. The van der Waals surface area contributed by atoms with Crippen LogP contribution in [0.1, 0.15) is 24.6 Å². The summed E-state index contributed by atoms with van der Waals surface area (Å²) in [5.41, 5.74) is -0.933. The Morgan fingerprint density at radius 2 is 1.89 bits per heavy atom. The molecule has 35 heavy (non-hydrogen) atoms. The van der Waals surface area contributed by atoms with Crippen molar-refractivity contribution in [1.29, 1.82) is 0 Å². The maximum atomic E-state index is 14.3. The number of nitrogens with zero attached hydrogens (tertiary/aromatic N) is 6. The van der Waals surface area contributed by atoms with Crippen molar-refractivity contribution < 1.29 is 38.0 Å². The van der Waals surface area contributed by atoms with Gasteiger partial charge in [0.25, 0.3) is 0 Å². The summed E-state index contributed by atoms with van der Waals surface area (Å²) in [7, 11) is 1.40. The molecule has 2 fully saturated rings. The molecular formula is C21H23F3N6O5. The number of aromatic nitrogens is 6. The Morgan fingerprint density at radius 3 is 2.57 bits per heavy atom. The van der Waals surface area contributed by atoms with Crippen molar-refractivity contribution in [2.24, 2.45) is 0 Å². The van der Waals surface area contributed by atoms with Gasteiger partial charge in [0.2, 0.25) is 0 Å². The normalized spacial score (nSPS) is 27.8.